The van der Waals surface area contributed by atoms with Crippen molar-refractivity contribution in [2.24, 2.45) is 7.05 Å². The van der Waals surface area contributed by atoms with Crippen molar-refractivity contribution in [3.63, 3.8) is 0 Å². The zero-order chi connectivity index (χ0) is 17.8. The van der Waals surface area contributed by atoms with Crippen LogP contribution in [0.5, 0.6) is 0 Å². The maximum atomic E-state index is 13.2. The molecule has 128 valence electrons. The number of imidazole rings is 1. The minimum atomic E-state index is -0.458. The quantitative estimate of drug-likeness (QED) is 0.757. The highest BCUT2D eigenvalue weighted by atomic mass is 35.5. The molecule has 25 heavy (non-hydrogen) atoms. The van der Waals surface area contributed by atoms with Crippen LogP contribution in [0, 0.1) is 5.82 Å². The Morgan fingerprint density at radius 1 is 1.20 bits per heavy atom. The van der Waals surface area contributed by atoms with Crippen molar-refractivity contribution in [1.82, 2.24) is 14.9 Å². The Balaban J connectivity index is 1.82. The van der Waals surface area contributed by atoms with Gasteiger partial charge in [-0.1, -0.05) is 35.9 Å². The molecule has 1 heterocycles. The number of hydrogen-bond acceptors (Lipinski definition) is 2. The van der Waals surface area contributed by atoms with Crippen molar-refractivity contribution >= 4 is 17.5 Å². The first kappa shape index (κ1) is 17.2. The number of aryl methyl sites for hydroxylation is 1. The highest BCUT2D eigenvalue weighted by molar-refractivity contribution is 6.30. The van der Waals surface area contributed by atoms with E-state index in [2.05, 4.69) is 10.3 Å². The van der Waals surface area contributed by atoms with Gasteiger partial charge in [-0.15, -0.1) is 0 Å². The molecule has 2 aromatic carbocycles. The molecule has 1 N–H and O–H groups in total. The average molecular weight is 358 g/mol. The summed E-state index contributed by atoms with van der Waals surface area (Å²) in [6.45, 7) is 0. The first-order chi connectivity index (χ1) is 12.0. The van der Waals surface area contributed by atoms with Crippen LogP contribution in [0.15, 0.2) is 60.9 Å². The predicted octanol–water partition coefficient (Wildman–Crippen LogP) is 3.66. The number of carbonyl (C=O) groups is 1. The summed E-state index contributed by atoms with van der Waals surface area (Å²) < 4.78 is 15.1. The molecule has 0 saturated carbocycles. The van der Waals surface area contributed by atoms with Crippen LogP contribution in [0.3, 0.4) is 0 Å². The Morgan fingerprint density at radius 2 is 1.88 bits per heavy atom. The summed E-state index contributed by atoms with van der Waals surface area (Å²) in [5, 5.41) is 3.61. The fraction of sp³-hybridized carbons (Fsp3) is 0.158. The van der Waals surface area contributed by atoms with E-state index in [-0.39, 0.29) is 18.1 Å². The van der Waals surface area contributed by atoms with Crippen LogP contribution in [0.2, 0.25) is 5.02 Å². The Kier molecular flexibility index (Phi) is 5.14. The van der Waals surface area contributed by atoms with E-state index in [1.165, 1.54) is 12.1 Å². The molecule has 0 spiro atoms. The second-order valence-corrected chi connectivity index (χ2v) is 6.19. The highest BCUT2D eigenvalue weighted by Gasteiger charge is 2.20. The molecule has 0 aliphatic rings. The van der Waals surface area contributed by atoms with Gasteiger partial charge in [0.2, 0.25) is 5.91 Å². The lowest BCUT2D eigenvalue weighted by Gasteiger charge is -2.19. The highest BCUT2D eigenvalue weighted by Crippen LogP contribution is 2.21. The number of amides is 1. The van der Waals surface area contributed by atoms with Crippen molar-refractivity contribution in [1.29, 1.82) is 0 Å². The van der Waals surface area contributed by atoms with Gasteiger partial charge in [0.05, 0.1) is 6.42 Å². The van der Waals surface area contributed by atoms with Gasteiger partial charge in [-0.3, -0.25) is 4.79 Å². The van der Waals surface area contributed by atoms with Crippen LogP contribution in [0.25, 0.3) is 0 Å². The third kappa shape index (κ3) is 4.25. The first-order valence-electron chi connectivity index (χ1n) is 7.79. The summed E-state index contributed by atoms with van der Waals surface area (Å²) >= 11 is 5.87. The third-order valence-electron chi connectivity index (χ3n) is 3.90. The summed E-state index contributed by atoms with van der Waals surface area (Å²) in [7, 11) is 1.85. The molecule has 0 bridgehead atoms. The van der Waals surface area contributed by atoms with Crippen molar-refractivity contribution in [2.75, 3.05) is 0 Å². The number of rotatable bonds is 5. The normalized spacial score (nSPS) is 12.0. The van der Waals surface area contributed by atoms with Crippen molar-refractivity contribution in [3.8, 4) is 0 Å². The Morgan fingerprint density at radius 3 is 2.48 bits per heavy atom. The lowest BCUT2D eigenvalue weighted by molar-refractivity contribution is -0.121. The van der Waals surface area contributed by atoms with E-state index >= 15 is 0 Å². The minimum Gasteiger partial charge on any atom is -0.342 e. The van der Waals surface area contributed by atoms with Gasteiger partial charge in [-0.25, -0.2) is 9.37 Å². The fourth-order valence-electron chi connectivity index (χ4n) is 2.61. The van der Waals surface area contributed by atoms with Crippen molar-refractivity contribution in [2.45, 2.75) is 12.5 Å². The monoisotopic (exact) mass is 357 g/mol. The van der Waals surface area contributed by atoms with Gasteiger partial charge in [0, 0.05) is 24.5 Å². The summed E-state index contributed by atoms with van der Waals surface area (Å²) in [6, 6.07) is 12.7. The van der Waals surface area contributed by atoms with Gasteiger partial charge >= 0.3 is 0 Å². The Hall–Kier alpha value is -2.66. The van der Waals surface area contributed by atoms with E-state index in [0.29, 0.717) is 10.8 Å². The van der Waals surface area contributed by atoms with Crippen LogP contribution in [0.4, 0.5) is 4.39 Å². The molecular formula is C19H17ClFN3O. The van der Waals surface area contributed by atoms with E-state index in [1.807, 2.05) is 23.7 Å². The summed E-state index contributed by atoms with van der Waals surface area (Å²) in [5.74, 6) is 0.200. The van der Waals surface area contributed by atoms with Crippen LogP contribution in [0.1, 0.15) is 23.0 Å². The molecular weight excluding hydrogens is 341 g/mol. The van der Waals surface area contributed by atoms with Crippen LogP contribution in [-0.4, -0.2) is 15.5 Å². The lowest BCUT2D eigenvalue weighted by Crippen LogP contribution is -2.32. The number of carbonyl (C=O) groups excluding carboxylic acids is 1. The molecule has 4 nitrogen and oxygen atoms in total. The van der Waals surface area contributed by atoms with E-state index in [4.69, 9.17) is 11.6 Å². The maximum absolute atomic E-state index is 13.2. The number of benzene rings is 2. The van der Waals surface area contributed by atoms with Gasteiger partial charge in [0.25, 0.3) is 0 Å². The number of nitrogens with one attached hydrogen (secondary N) is 1. The van der Waals surface area contributed by atoms with E-state index in [9.17, 15) is 9.18 Å². The molecule has 1 aromatic heterocycles. The predicted molar refractivity (Wildman–Crippen MR) is 94.7 cm³/mol. The Bertz CT molecular complexity index is 859. The zero-order valence-electron chi connectivity index (χ0n) is 13.6. The summed E-state index contributed by atoms with van der Waals surface area (Å²) in [4.78, 5) is 16.8. The van der Waals surface area contributed by atoms with Gasteiger partial charge in [0.15, 0.2) is 0 Å². The zero-order valence-corrected chi connectivity index (χ0v) is 14.4. The molecule has 3 aromatic rings. The SMILES string of the molecule is Cn1ccnc1[C@@H](NC(=O)Cc1ccc(Cl)cc1)c1ccc(F)cc1. The molecule has 0 unspecified atom stereocenters. The second kappa shape index (κ2) is 7.49. The number of halogens is 2. The largest absolute Gasteiger partial charge is 0.342 e. The van der Waals surface area contributed by atoms with Crippen molar-refractivity contribution in [3.05, 3.63) is 88.7 Å². The minimum absolute atomic E-state index is 0.153. The molecule has 1 amide bonds. The van der Waals surface area contributed by atoms with Crippen LogP contribution < -0.4 is 5.32 Å². The second-order valence-electron chi connectivity index (χ2n) is 5.75. The molecule has 0 aliphatic heterocycles. The van der Waals surface area contributed by atoms with Gasteiger partial charge in [-0.05, 0) is 35.4 Å². The maximum Gasteiger partial charge on any atom is 0.225 e. The lowest BCUT2D eigenvalue weighted by atomic mass is 10.0. The number of nitrogens with zero attached hydrogens (tertiary/aromatic N) is 2. The number of aromatic nitrogens is 2. The van der Waals surface area contributed by atoms with E-state index < -0.39 is 6.04 Å². The average Bonchev–Trinajstić information content (AvgIpc) is 3.01. The van der Waals surface area contributed by atoms with E-state index in [0.717, 1.165) is 11.1 Å². The van der Waals surface area contributed by atoms with Crippen LogP contribution >= 0.6 is 11.6 Å². The van der Waals surface area contributed by atoms with Gasteiger partial charge < -0.3 is 9.88 Å². The summed E-state index contributed by atoms with van der Waals surface area (Å²) in [5.41, 5.74) is 1.62. The first-order valence-corrected chi connectivity index (χ1v) is 8.17. The smallest absolute Gasteiger partial charge is 0.225 e. The topological polar surface area (TPSA) is 46.9 Å². The van der Waals surface area contributed by atoms with Gasteiger partial charge in [0.1, 0.15) is 17.7 Å². The molecule has 0 aliphatic carbocycles. The molecule has 0 fully saturated rings. The molecule has 6 heteroatoms. The standard InChI is InChI=1S/C19H17ClFN3O/c1-24-11-10-22-19(24)18(14-4-8-16(21)9-5-14)23-17(25)12-13-2-6-15(20)7-3-13/h2-11,18H,12H2,1H3,(H,23,25)/t18-/m0/s1. The van der Waals surface area contributed by atoms with Gasteiger partial charge in [-0.2, -0.15) is 0 Å². The Labute approximate surface area is 150 Å². The van der Waals surface area contributed by atoms with Crippen LogP contribution in [-0.2, 0) is 18.3 Å². The molecule has 3 rings (SSSR count). The molecule has 0 saturated heterocycles. The fourth-order valence-corrected chi connectivity index (χ4v) is 2.73. The van der Waals surface area contributed by atoms with Crippen molar-refractivity contribution < 1.29 is 9.18 Å². The number of hydrogen-bond donors (Lipinski definition) is 1. The third-order valence-corrected chi connectivity index (χ3v) is 4.16. The summed E-state index contributed by atoms with van der Waals surface area (Å²) in [6.07, 6.45) is 3.69. The molecule has 0 radical (unpaired) electrons. The van der Waals surface area contributed by atoms with E-state index in [1.54, 1.807) is 36.7 Å². The molecule has 1 atom stereocenters.